The molecule has 1 N–H and O–H groups in total. The molecule has 0 aliphatic carbocycles. The Bertz CT molecular complexity index is 582. The average molecular weight is 295 g/mol. The molecule has 0 spiro atoms. The lowest BCUT2D eigenvalue weighted by Crippen LogP contribution is -2.17. The monoisotopic (exact) mass is 294 g/mol. The largest absolute Gasteiger partial charge is 0.506 e. The van der Waals surface area contributed by atoms with Crippen LogP contribution in [-0.4, -0.2) is 16.3 Å². The van der Waals surface area contributed by atoms with Crippen LogP contribution in [0.25, 0.3) is 0 Å². The minimum Gasteiger partial charge on any atom is -0.506 e. The highest BCUT2D eigenvalue weighted by Gasteiger charge is 2.18. The first kappa shape index (κ1) is 13.9. The van der Waals surface area contributed by atoms with Crippen molar-refractivity contribution >= 4 is 29.0 Å². The van der Waals surface area contributed by atoms with Gasteiger partial charge in [-0.1, -0.05) is 48.0 Å². The summed E-state index contributed by atoms with van der Waals surface area (Å²) >= 11 is 12.0. The first-order valence-corrected chi connectivity index (χ1v) is 6.60. The van der Waals surface area contributed by atoms with Gasteiger partial charge in [0.1, 0.15) is 11.1 Å². The van der Waals surface area contributed by atoms with Gasteiger partial charge in [-0.2, -0.15) is 0 Å². The van der Waals surface area contributed by atoms with Crippen molar-refractivity contribution in [1.29, 1.82) is 0 Å². The molecule has 0 amide bonds. The molecule has 4 heteroatoms. The Morgan fingerprint density at radius 1 is 1.16 bits per heavy atom. The van der Waals surface area contributed by atoms with Gasteiger partial charge in [0.25, 0.3) is 0 Å². The maximum absolute atomic E-state index is 12.1. The summed E-state index contributed by atoms with van der Waals surface area (Å²) in [6.07, 6.45) is 0.370. The molecule has 0 radical (unpaired) electrons. The van der Waals surface area contributed by atoms with Crippen LogP contribution in [0.15, 0.2) is 48.5 Å². The number of carbonyl (C=O) groups excluding carboxylic acids is 1. The number of ketones is 1. The lowest BCUT2D eigenvalue weighted by atomic mass is 10.0. The van der Waals surface area contributed by atoms with Crippen LogP contribution < -0.4 is 0 Å². The van der Waals surface area contributed by atoms with Crippen molar-refractivity contribution < 1.29 is 9.90 Å². The highest BCUT2D eigenvalue weighted by Crippen LogP contribution is 2.25. The molecule has 2 aromatic carbocycles. The number of carbonyl (C=O) groups is 1. The third-order valence-electron chi connectivity index (χ3n) is 2.77. The van der Waals surface area contributed by atoms with Gasteiger partial charge >= 0.3 is 0 Å². The Morgan fingerprint density at radius 2 is 1.84 bits per heavy atom. The zero-order chi connectivity index (χ0) is 13.8. The number of aromatic hydroxyl groups is 1. The molecule has 2 aromatic rings. The fourth-order valence-electron chi connectivity index (χ4n) is 1.76. The molecule has 0 aliphatic rings. The van der Waals surface area contributed by atoms with Gasteiger partial charge in [0.05, 0.1) is 5.02 Å². The molecule has 98 valence electrons. The number of rotatable bonds is 4. The van der Waals surface area contributed by atoms with Gasteiger partial charge in [0, 0.05) is 5.56 Å². The summed E-state index contributed by atoms with van der Waals surface area (Å²) in [6.45, 7) is 0. The molecule has 0 saturated heterocycles. The predicted octanol–water partition coefficient (Wildman–Crippen LogP) is 4.08. The first-order valence-electron chi connectivity index (χ1n) is 5.78. The topological polar surface area (TPSA) is 37.3 Å². The second-order valence-corrected chi connectivity index (χ2v) is 5.12. The molecular formula is C15H12Cl2O2. The van der Waals surface area contributed by atoms with Crippen LogP contribution in [-0.2, 0) is 6.42 Å². The van der Waals surface area contributed by atoms with Crippen LogP contribution in [0.5, 0.6) is 5.75 Å². The first-order chi connectivity index (χ1) is 9.08. The van der Waals surface area contributed by atoms with E-state index in [1.165, 1.54) is 6.07 Å². The summed E-state index contributed by atoms with van der Waals surface area (Å²) in [6, 6.07) is 13.7. The molecule has 0 bridgehead atoms. The van der Waals surface area contributed by atoms with E-state index >= 15 is 0 Å². The van der Waals surface area contributed by atoms with E-state index in [-0.39, 0.29) is 16.6 Å². The average Bonchev–Trinajstić information content (AvgIpc) is 2.43. The van der Waals surface area contributed by atoms with E-state index in [1.807, 2.05) is 6.07 Å². The van der Waals surface area contributed by atoms with Crippen molar-refractivity contribution in [3.8, 4) is 5.75 Å². The van der Waals surface area contributed by atoms with Crippen LogP contribution in [0.4, 0.5) is 0 Å². The third kappa shape index (κ3) is 3.49. The molecule has 0 fully saturated rings. The van der Waals surface area contributed by atoms with Gasteiger partial charge in [-0.3, -0.25) is 4.79 Å². The number of phenolic OH excluding ortho intramolecular Hbond substituents is 1. The smallest absolute Gasteiger partial charge is 0.180 e. The number of hydrogen-bond donors (Lipinski definition) is 1. The van der Waals surface area contributed by atoms with E-state index in [0.29, 0.717) is 12.0 Å². The van der Waals surface area contributed by atoms with Crippen LogP contribution in [0.1, 0.15) is 15.9 Å². The second kappa shape index (κ2) is 6.09. The van der Waals surface area contributed by atoms with Gasteiger partial charge in [-0.25, -0.2) is 0 Å². The van der Waals surface area contributed by atoms with Crippen LogP contribution >= 0.6 is 23.2 Å². The Morgan fingerprint density at radius 3 is 2.47 bits per heavy atom. The van der Waals surface area contributed by atoms with Crippen LogP contribution in [0.3, 0.4) is 0 Å². The standard InChI is InChI=1S/C15H12Cl2O2/c16-12-8-10(6-7-14(12)18)9-13(17)15(19)11-4-2-1-3-5-11/h1-8,13,18H,9H2. The van der Waals surface area contributed by atoms with Gasteiger partial charge in [0.2, 0.25) is 0 Å². The summed E-state index contributed by atoms with van der Waals surface area (Å²) < 4.78 is 0. The molecule has 1 atom stereocenters. The molecule has 0 heterocycles. The number of phenols is 1. The number of hydrogen-bond acceptors (Lipinski definition) is 2. The van der Waals surface area contributed by atoms with Crippen molar-refractivity contribution in [3.05, 3.63) is 64.7 Å². The fraction of sp³-hybridized carbons (Fsp3) is 0.133. The maximum Gasteiger partial charge on any atom is 0.180 e. The van der Waals surface area contributed by atoms with E-state index in [1.54, 1.807) is 36.4 Å². The minimum absolute atomic E-state index is 0.0194. The quantitative estimate of drug-likeness (QED) is 0.681. The van der Waals surface area contributed by atoms with Gasteiger partial charge in [-0.15, -0.1) is 11.6 Å². The lowest BCUT2D eigenvalue weighted by Gasteiger charge is -2.09. The molecule has 0 saturated carbocycles. The third-order valence-corrected chi connectivity index (χ3v) is 3.43. The summed E-state index contributed by atoms with van der Waals surface area (Å²) in [5, 5.41) is 8.94. The predicted molar refractivity (Wildman–Crippen MR) is 77.2 cm³/mol. The van der Waals surface area contributed by atoms with Crippen molar-refractivity contribution in [1.82, 2.24) is 0 Å². The van der Waals surface area contributed by atoms with Gasteiger partial charge < -0.3 is 5.11 Å². The molecular weight excluding hydrogens is 283 g/mol. The van der Waals surface area contributed by atoms with Crippen molar-refractivity contribution in [2.75, 3.05) is 0 Å². The van der Waals surface area contributed by atoms with Gasteiger partial charge in [-0.05, 0) is 24.1 Å². The highest BCUT2D eigenvalue weighted by molar-refractivity contribution is 6.34. The van der Waals surface area contributed by atoms with E-state index in [0.717, 1.165) is 5.56 Å². The van der Waals surface area contributed by atoms with E-state index in [2.05, 4.69) is 0 Å². The molecule has 19 heavy (non-hydrogen) atoms. The number of benzene rings is 2. The lowest BCUT2D eigenvalue weighted by molar-refractivity contribution is 0.0986. The van der Waals surface area contributed by atoms with Crippen molar-refractivity contribution in [3.63, 3.8) is 0 Å². The summed E-state index contributed by atoms with van der Waals surface area (Å²) in [5.41, 5.74) is 1.40. The number of alkyl halides is 1. The van der Waals surface area contributed by atoms with Crippen molar-refractivity contribution in [2.45, 2.75) is 11.8 Å². The summed E-state index contributed by atoms with van der Waals surface area (Å²) in [4.78, 5) is 12.1. The zero-order valence-electron chi connectivity index (χ0n) is 10.0. The minimum atomic E-state index is -0.650. The Labute approximate surface area is 121 Å². The van der Waals surface area contributed by atoms with Gasteiger partial charge in [0.15, 0.2) is 5.78 Å². The zero-order valence-corrected chi connectivity index (χ0v) is 11.5. The normalized spacial score (nSPS) is 12.1. The fourth-order valence-corrected chi connectivity index (χ4v) is 2.27. The van der Waals surface area contributed by atoms with Crippen molar-refractivity contribution in [2.24, 2.45) is 0 Å². The number of Topliss-reactive ketones (excluding diaryl/α,β-unsaturated/α-hetero) is 1. The highest BCUT2D eigenvalue weighted by atomic mass is 35.5. The maximum atomic E-state index is 12.1. The summed E-state index contributed by atoms with van der Waals surface area (Å²) in [5.74, 6) is -0.0996. The molecule has 0 aliphatic heterocycles. The second-order valence-electron chi connectivity index (χ2n) is 4.19. The molecule has 2 nitrogen and oxygen atoms in total. The molecule has 1 unspecified atom stereocenters. The SMILES string of the molecule is O=C(c1ccccc1)C(Cl)Cc1ccc(O)c(Cl)c1. The molecule has 0 aromatic heterocycles. The molecule has 2 rings (SSSR count). The summed E-state index contributed by atoms with van der Waals surface area (Å²) in [7, 11) is 0. The van der Waals surface area contributed by atoms with Crippen LogP contribution in [0, 0.1) is 0 Å². The van der Waals surface area contributed by atoms with E-state index < -0.39 is 5.38 Å². The Balaban J connectivity index is 2.10. The Hall–Kier alpha value is -1.51. The van der Waals surface area contributed by atoms with Crippen LogP contribution in [0.2, 0.25) is 5.02 Å². The number of halogens is 2. The van der Waals surface area contributed by atoms with E-state index in [4.69, 9.17) is 23.2 Å². The Kier molecular flexibility index (Phi) is 4.46. The van der Waals surface area contributed by atoms with E-state index in [9.17, 15) is 9.90 Å².